The smallest absolute Gasteiger partial charge is 0.261 e. The first-order valence-corrected chi connectivity index (χ1v) is 10.6. The molecule has 2 aromatic rings. The van der Waals surface area contributed by atoms with E-state index in [4.69, 9.17) is 16.3 Å². The van der Waals surface area contributed by atoms with Gasteiger partial charge in [-0.1, -0.05) is 55.3 Å². The van der Waals surface area contributed by atoms with E-state index in [2.05, 4.69) is 5.32 Å². The van der Waals surface area contributed by atoms with Crippen LogP contribution in [0.4, 0.5) is 0 Å². The monoisotopic (exact) mass is 430 g/mol. The summed E-state index contributed by atoms with van der Waals surface area (Å²) in [6.45, 7) is 10.5. The number of hydrogen-bond donors (Lipinski definition) is 1. The van der Waals surface area contributed by atoms with Crippen molar-refractivity contribution in [2.75, 3.05) is 13.2 Å². The van der Waals surface area contributed by atoms with E-state index in [-0.39, 0.29) is 18.4 Å². The zero-order valence-electron chi connectivity index (χ0n) is 18.4. The van der Waals surface area contributed by atoms with Crippen molar-refractivity contribution in [3.63, 3.8) is 0 Å². The fraction of sp³-hybridized carbons (Fsp3) is 0.417. The molecule has 1 atom stereocenters. The third-order valence-electron chi connectivity index (χ3n) is 4.80. The second-order valence-corrected chi connectivity index (χ2v) is 8.46. The van der Waals surface area contributed by atoms with Crippen LogP contribution in [-0.2, 0) is 16.1 Å². The number of hydrogen-bond acceptors (Lipinski definition) is 3. The molecule has 5 nitrogen and oxygen atoms in total. The van der Waals surface area contributed by atoms with Gasteiger partial charge < -0.3 is 15.0 Å². The number of aryl methyl sites for hydroxylation is 2. The third kappa shape index (κ3) is 7.06. The number of halogens is 1. The molecule has 6 heteroatoms. The lowest BCUT2D eigenvalue weighted by Gasteiger charge is -2.29. The Kier molecular flexibility index (Phi) is 8.72. The summed E-state index contributed by atoms with van der Waals surface area (Å²) in [6, 6.07) is 12.4. The van der Waals surface area contributed by atoms with E-state index in [0.717, 1.165) is 16.7 Å². The molecular weight excluding hydrogens is 400 g/mol. The molecule has 2 aromatic carbocycles. The lowest BCUT2D eigenvalue weighted by molar-refractivity contribution is -0.142. The van der Waals surface area contributed by atoms with E-state index in [1.54, 1.807) is 24.0 Å². The van der Waals surface area contributed by atoms with E-state index >= 15 is 0 Å². The van der Waals surface area contributed by atoms with Crippen molar-refractivity contribution in [2.24, 2.45) is 5.92 Å². The van der Waals surface area contributed by atoms with Gasteiger partial charge in [-0.05, 0) is 56.0 Å². The zero-order chi connectivity index (χ0) is 22.3. The maximum Gasteiger partial charge on any atom is 0.261 e. The van der Waals surface area contributed by atoms with E-state index < -0.39 is 6.04 Å². The average Bonchev–Trinajstić information content (AvgIpc) is 2.70. The molecular formula is C24H31ClN2O3. The molecule has 0 aliphatic carbocycles. The summed E-state index contributed by atoms with van der Waals surface area (Å²) >= 11 is 5.97. The first-order valence-electron chi connectivity index (χ1n) is 10.2. The molecule has 0 bridgehead atoms. The van der Waals surface area contributed by atoms with Gasteiger partial charge in [0.05, 0.1) is 0 Å². The van der Waals surface area contributed by atoms with Crippen LogP contribution in [0, 0.1) is 19.8 Å². The van der Waals surface area contributed by atoms with Crippen molar-refractivity contribution in [1.82, 2.24) is 10.2 Å². The van der Waals surface area contributed by atoms with Gasteiger partial charge >= 0.3 is 0 Å². The highest BCUT2D eigenvalue weighted by atomic mass is 35.5. The first-order chi connectivity index (χ1) is 14.2. The molecule has 0 aliphatic heterocycles. The van der Waals surface area contributed by atoms with Crippen molar-refractivity contribution in [3.05, 3.63) is 64.2 Å². The van der Waals surface area contributed by atoms with E-state index in [9.17, 15) is 9.59 Å². The van der Waals surface area contributed by atoms with Crippen LogP contribution in [0.1, 0.15) is 37.5 Å². The second kappa shape index (κ2) is 11.0. The summed E-state index contributed by atoms with van der Waals surface area (Å²) in [7, 11) is 0. The van der Waals surface area contributed by atoms with Crippen molar-refractivity contribution in [2.45, 2.75) is 47.2 Å². The molecule has 30 heavy (non-hydrogen) atoms. The SMILES string of the molecule is Cc1ccc(OCC(=O)N(Cc2ccc(Cl)cc2)C(C)C(=O)NCC(C)C)c(C)c1. The number of ether oxygens (including phenoxy) is 1. The van der Waals surface area contributed by atoms with E-state index in [0.29, 0.717) is 29.8 Å². The predicted molar refractivity (Wildman–Crippen MR) is 121 cm³/mol. The summed E-state index contributed by atoms with van der Waals surface area (Å²) in [5.74, 6) is 0.557. The Hall–Kier alpha value is -2.53. The predicted octanol–water partition coefficient (Wildman–Crippen LogP) is 4.53. The lowest BCUT2D eigenvalue weighted by atomic mass is 10.1. The number of nitrogens with one attached hydrogen (secondary N) is 1. The molecule has 162 valence electrons. The van der Waals surface area contributed by atoms with Crippen molar-refractivity contribution in [3.8, 4) is 5.75 Å². The molecule has 1 unspecified atom stereocenters. The summed E-state index contributed by atoms with van der Waals surface area (Å²) in [5, 5.41) is 3.53. The van der Waals surface area contributed by atoms with Crippen LogP contribution >= 0.6 is 11.6 Å². The van der Waals surface area contributed by atoms with E-state index in [1.165, 1.54) is 0 Å². The van der Waals surface area contributed by atoms with Crippen LogP contribution in [0.2, 0.25) is 5.02 Å². The van der Waals surface area contributed by atoms with Gasteiger partial charge in [0.1, 0.15) is 11.8 Å². The maximum absolute atomic E-state index is 13.0. The molecule has 0 heterocycles. The van der Waals surface area contributed by atoms with Gasteiger partial charge in [-0.25, -0.2) is 0 Å². The molecule has 0 aromatic heterocycles. The molecule has 2 amide bonds. The van der Waals surface area contributed by atoms with Crippen molar-refractivity contribution < 1.29 is 14.3 Å². The Balaban J connectivity index is 2.14. The topological polar surface area (TPSA) is 58.6 Å². The van der Waals surface area contributed by atoms with Crippen LogP contribution < -0.4 is 10.1 Å². The highest BCUT2D eigenvalue weighted by Gasteiger charge is 2.26. The van der Waals surface area contributed by atoms with Gasteiger partial charge in [0.2, 0.25) is 5.91 Å². The Labute approximate surface area is 184 Å². The largest absolute Gasteiger partial charge is 0.483 e. The van der Waals surface area contributed by atoms with Gasteiger partial charge in [0, 0.05) is 18.1 Å². The molecule has 0 saturated heterocycles. The molecule has 2 rings (SSSR count). The average molecular weight is 431 g/mol. The minimum atomic E-state index is -0.630. The fourth-order valence-electron chi connectivity index (χ4n) is 3.01. The number of nitrogens with zero attached hydrogens (tertiary/aromatic N) is 1. The zero-order valence-corrected chi connectivity index (χ0v) is 19.1. The quantitative estimate of drug-likeness (QED) is 0.636. The van der Waals surface area contributed by atoms with Crippen LogP contribution in [-0.4, -0.2) is 35.9 Å². The Morgan fingerprint density at radius 3 is 2.33 bits per heavy atom. The van der Waals surface area contributed by atoms with Gasteiger partial charge in [0.15, 0.2) is 6.61 Å². The van der Waals surface area contributed by atoms with Crippen LogP contribution in [0.5, 0.6) is 5.75 Å². The standard InChI is InChI=1S/C24H31ClN2O3/c1-16(2)13-26-24(29)19(5)27(14-20-7-9-21(25)10-8-20)23(28)15-30-22-11-6-17(3)12-18(22)4/h6-12,16,19H,13-15H2,1-5H3,(H,26,29). The summed E-state index contributed by atoms with van der Waals surface area (Å²) < 4.78 is 5.78. The van der Waals surface area contributed by atoms with Crippen molar-refractivity contribution in [1.29, 1.82) is 0 Å². The first kappa shape index (κ1) is 23.7. The molecule has 0 aliphatic rings. The molecule has 0 spiro atoms. The number of carbonyl (C=O) groups is 2. The third-order valence-corrected chi connectivity index (χ3v) is 5.05. The Morgan fingerprint density at radius 1 is 1.07 bits per heavy atom. The highest BCUT2D eigenvalue weighted by molar-refractivity contribution is 6.30. The highest BCUT2D eigenvalue weighted by Crippen LogP contribution is 2.19. The Morgan fingerprint density at radius 2 is 1.73 bits per heavy atom. The van der Waals surface area contributed by atoms with Crippen molar-refractivity contribution >= 4 is 23.4 Å². The summed E-state index contributed by atoms with van der Waals surface area (Å²) in [5.41, 5.74) is 2.99. The van der Waals surface area contributed by atoms with Gasteiger partial charge in [0.25, 0.3) is 5.91 Å². The number of benzene rings is 2. The summed E-state index contributed by atoms with van der Waals surface area (Å²) in [4.78, 5) is 27.2. The maximum atomic E-state index is 13.0. The minimum Gasteiger partial charge on any atom is -0.483 e. The van der Waals surface area contributed by atoms with Gasteiger partial charge in [-0.3, -0.25) is 9.59 Å². The molecule has 0 radical (unpaired) electrons. The fourth-order valence-corrected chi connectivity index (χ4v) is 3.13. The number of rotatable bonds is 9. The van der Waals surface area contributed by atoms with Crippen LogP contribution in [0.3, 0.4) is 0 Å². The normalized spacial score (nSPS) is 11.8. The van der Waals surface area contributed by atoms with Gasteiger partial charge in [-0.2, -0.15) is 0 Å². The van der Waals surface area contributed by atoms with Gasteiger partial charge in [-0.15, -0.1) is 0 Å². The van der Waals surface area contributed by atoms with Crippen LogP contribution in [0.15, 0.2) is 42.5 Å². The molecule has 0 fully saturated rings. The Bertz CT molecular complexity index is 865. The molecule has 1 N–H and O–H groups in total. The second-order valence-electron chi connectivity index (χ2n) is 8.02. The minimum absolute atomic E-state index is 0.140. The van der Waals surface area contributed by atoms with Crippen LogP contribution in [0.25, 0.3) is 0 Å². The summed E-state index contributed by atoms with van der Waals surface area (Å²) in [6.07, 6.45) is 0. The molecule has 0 saturated carbocycles. The number of amides is 2. The van der Waals surface area contributed by atoms with E-state index in [1.807, 2.05) is 58.0 Å². The number of carbonyl (C=O) groups excluding carboxylic acids is 2. The lowest BCUT2D eigenvalue weighted by Crippen LogP contribution is -2.49.